The average Bonchev–Trinajstić information content (AvgIpc) is 2.59. The van der Waals surface area contributed by atoms with Crippen LogP contribution in [0.3, 0.4) is 0 Å². The minimum atomic E-state index is -0.729. The maximum atomic E-state index is 10.1. The molecule has 0 spiro atoms. The lowest BCUT2D eigenvalue weighted by atomic mass is 9.86. The Labute approximate surface area is 90.1 Å². The smallest absolute Gasteiger partial charge is 0.124 e. The number of methoxy groups -OCH3 is 1. The Bertz CT molecular complexity index is 368. The van der Waals surface area contributed by atoms with E-state index < -0.39 is 5.60 Å². The normalized spacial score (nSPS) is 19.6. The first-order chi connectivity index (χ1) is 7.04. The van der Waals surface area contributed by atoms with Crippen molar-refractivity contribution in [2.24, 2.45) is 0 Å². The van der Waals surface area contributed by atoms with Gasteiger partial charge in [0.25, 0.3) is 0 Å². The zero-order chi connectivity index (χ0) is 11.1. The number of aliphatic hydroxyl groups is 1. The molecule has 1 aliphatic heterocycles. The molecule has 0 aromatic heterocycles. The van der Waals surface area contributed by atoms with E-state index in [-0.39, 0.29) is 5.92 Å². The number of nitrogens with one attached hydrogen (secondary N) is 1. The van der Waals surface area contributed by atoms with E-state index >= 15 is 0 Å². The van der Waals surface area contributed by atoms with Crippen molar-refractivity contribution in [1.82, 2.24) is 0 Å². The molecule has 0 saturated carbocycles. The molecule has 2 rings (SSSR count). The Balaban J connectivity index is 2.48. The molecule has 15 heavy (non-hydrogen) atoms. The molecule has 0 fully saturated rings. The molecule has 0 amide bonds. The number of rotatable bonds is 2. The van der Waals surface area contributed by atoms with Gasteiger partial charge in [0.1, 0.15) is 5.75 Å². The van der Waals surface area contributed by atoms with Crippen LogP contribution in [0.25, 0.3) is 0 Å². The van der Waals surface area contributed by atoms with Crippen LogP contribution in [0.4, 0.5) is 5.69 Å². The third kappa shape index (κ3) is 1.67. The predicted molar refractivity (Wildman–Crippen MR) is 60.5 cm³/mol. The molecule has 1 aliphatic rings. The average molecular weight is 207 g/mol. The third-order valence-corrected chi connectivity index (χ3v) is 2.98. The zero-order valence-electron chi connectivity index (χ0n) is 9.37. The van der Waals surface area contributed by atoms with E-state index in [0.29, 0.717) is 0 Å². The number of ether oxygens (including phenoxy) is 1. The number of hydrogen-bond donors (Lipinski definition) is 2. The minimum absolute atomic E-state index is 0.0867. The van der Waals surface area contributed by atoms with Crippen molar-refractivity contribution in [2.75, 3.05) is 19.0 Å². The van der Waals surface area contributed by atoms with Crippen molar-refractivity contribution >= 4 is 5.69 Å². The molecule has 1 atom stereocenters. The third-order valence-electron chi connectivity index (χ3n) is 2.98. The standard InChI is InChI=1S/C12H17NO2/c1-12(2,14)8-7-13-9-5-4-6-10(15-3)11(8)9/h4-6,8,13-14H,7H2,1-3H3. The summed E-state index contributed by atoms with van der Waals surface area (Å²) in [5, 5.41) is 13.4. The SMILES string of the molecule is COc1cccc2c1C(C(C)(C)O)CN2. The molecule has 1 heterocycles. The summed E-state index contributed by atoms with van der Waals surface area (Å²) in [6, 6.07) is 5.91. The number of hydrogen-bond acceptors (Lipinski definition) is 3. The Morgan fingerprint density at radius 1 is 1.47 bits per heavy atom. The first-order valence-corrected chi connectivity index (χ1v) is 5.17. The largest absolute Gasteiger partial charge is 0.496 e. The summed E-state index contributed by atoms with van der Waals surface area (Å²) in [5.41, 5.74) is 1.43. The number of benzene rings is 1. The topological polar surface area (TPSA) is 41.5 Å². The van der Waals surface area contributed by atoms with Crippen molar-refractivity contribution in [3.8, 4) is 5.75 Å². The van der Waals surface area contributed by atoms with Crippen LogP contribution in [0.2, 0.25) is 0 Å². The maximum absolute atomic E-state index is 10.1. The van der Waals surface area contributed by atoms with Gasteiger partial charge >= 0.3 is 0 Å². The second-order valence-electron chi connectivity index (χ2n) is 4.51. The lowest BCUT2D eigenvalue weighted by Gasteiger charge is -2.26. The van der Waals surface area contributed by atoms with E-state index in [0.717, 1.165) is 23.5 Å². The molecule has 0 radical (unpaired) electrons. The van der Waals surface area contributed by atoms with E-state index in [2.05, 4.69) is 5.32 Å². The summed E-state index contributed by atoms with van der Waals surface area (Å²) in [5.74, 6) is 0.938. The first-order valence-electron chi connectivity index (χ1n) is 5.17. The highest BCUT2D eigenvalue weighted by molar-refractivity contribution is 5.64. The molecular weight excluding hydrogens is 190 g/mol. The fourth-order valence-corrected chi connectivity index (χ4v) is 2.15. The fraction of sp³-hybridized carbons (Fsp3) is 0.500. The van der Waals surface area contributed by atoms with Gasteiger partial charge in [-0.3, -0.25) is 0 Å². The first kappa shape index (κ1) is 10.3. The second kappa shape index (κ2) is 3.42. The quantitative estimate of drug-likeness (QED) is 0.779. The van der Waals surface area contributed by atoms with Crippen LogP contribution in [0.5, 0.6) is 5.75 Å². The minimum Gasteiger partial charge on any atom is -0.496 e. The fourth-order valence-electron chi connectivity index (χ4n) is 2.15. The van der Waals surface area contributed by atoms with Gasteiger partial charge in [-0.15, -0.1) is 0 Å². The molecule has 82 valence electrons. The molecular formula is C12H17NO2. The Morgan fingerprint density at radius 3 is 2.80 bits per heavy atom. The highest BCUT2D eigenvalue weighted by Crippen LogP contribution is 2.43. The van der Waals surface area contributed by atoms with E-state index in [1.54, 1.807) is 7.11 Å². The van der Waals surface area contributed by atoms with Crippen LogP contribution in [0.1, 0.15) is 25.3 Å². The summed E-state index contributed by atoms with van der Waals surface area (Å²) in [7, 11) is 1.66. The van der Waals surface area contributed by atoms with Crippen LogP contribution in [0.15, 0.2) is 18.2 Å². The molecule has 1 unspecified atom stereocenters. The molecule has 3 nitrogen and oxygen atoms in total. The molecule has 3 heteroatoms. The maximum Gasteiger partial charge on any atom is 0.124 e. The molecule has 0 bridgehead atoms. The van der Waals surface area contributed by atoms with Crippen LogP contribution >= 0.6 is 0 Å². The summed E-state index contributed by atoms with van der Waals surface area (Å²) in [4.78, 5) is 0. The number of anilines is 1. The van der Waals surface area contributed by atoms with Crippen LogP contribution in [-0.2, 0) is 0 Å². The molecule has 2 N–H and O–H groups in total. The monoisotopic (exact) mass is 207 g/mol. The summed E-state index contributed by atoms with van der Waals surface area (Å²) < 4.78 is 5.33. The Kier molecular flexibility index (Phi) is 2.35. The Morgan fingerprint density at radius 2 is 2.20 bits per heavy atom. The van der Waals surface area contributed by atoms with Gasteiger partial charge in [-0.25, -0.2) is 0 Å². The summed E-state index contributed by atoms with van der Waals surface area (Å²) in [6.07, 6.45) is 0. The zero-order valence-corrected chi connectivity index (χ0v) is 9.37. The predicted octanol–water partition coefficient (Wildman–Crippen LogP) is 1.98. The Hall–Kier alpha value is -1.22. The van der Waals surface area contributed by atoms with Crippen LogP contribution in [0, 0.1) is 0 Å². The summed E-state index contributed by atoms with van der Waals surface area (Å²) >= 11 is 0. The van der Waals surface area contributed by atoms with Gasteiger partial charge in [0.15, 0.2) is 0 Å². The van der Waals surface area contributed by atoms with Crippen LogP contribution < -0.4 is 10.1 Å². The lowest BCUT2D eigenvalue weighted by Crippen LogP contribution is -2.30. The van der Waals surface area contributed by atoms with Crippen molar-refractivity contribution in [2.45, 2.75) is 25.4 Å². The van der Waals surface area contributed by atoms with Crippen molar-refractivity contribution < 1.29 is 9.84 Å². The molecule has 1 aromatic rings. The highest BCUT2D eigenvalue weighted by atomic mass is 16.5. The van der Waals surface area contributed by atoms with Gasteiger partial charge in [0, 0.05) is 23.7 Å². The second-order valence-corrected chi connectivity index (χ2v) is 4.51. The van der Waals surface area contributed by atoms with Gasteiger partial charge in [0.05, 0.1) is 12.7 Å². The van der Waals surface area contributed by atoms with Gasteiger partial charge in [-0.1, -0.05) is 6.07 Å². The number of fused-ring (bicyclic) bond motifs is 1. The summed E-state index contributed by atoms with van der Waals surface area (Å²) in [6.45, 7) is 4.43. The van der Waals surface area contributed by atoms with E-state index in [4.69, 9.17) is 4.74 Å². The van der Waals surface area contributed by atoms with E-state index in [1.165, 1.54) is 0 Å². The highest BCUT2D eigenvalue weighted by Gasteiger charge is 2.36. The van der Waals surface area contributed by atoms with Gasteiger partial charge in [-0.05, 0) is 26.0 Å². The van der Waals surface area contributed by atoms with Gasteiger partial charge in [0.2, 0.25) is 0 Å². The van der Waals surface area contributed by atoms with Gasteiger partial charge < -0.3 is 15.2 Å². The van der Waals surface area contributed by atoms with Gasteiger partial charge in [-0.2, -0.15) is 0 Å². The van der Waals surface area contributed by atoms with Crippen molar-refractivity contribution in [3.05, 3.63) is 23.8 Å². The van der Waals surface area contributed by atoms with Crippen molar-refractivity contribution in [1.29, 1.82) is 0 Å². The van der Waals surface area contributed by atoms with E-state index in [9.17, 15) is 5.11 Å². The molecule has 0 saturated heterocycles. The van der Waals surface area contributed by atoms with Crippen molar-refractivity contribution in [3.63, 3.8) is 0 Å². The molecule has 1 aromatic carbocycles. The van der Waals surface area contributed by atoms with Crippen LogP contribution in [-0.4, -0.2) is 24.4 Å². The van der Waals surface area contributed by atoms with E-state index in [1.807, 2.05) is 32.0 Å². The molecule has 0 aliphatic carbocycles. The lowest BCUT2D eigenvalue weighted by molar-refractivity contribution is 0.0554.